The van der Waals surface area contributed by atoms with Crippen LogP contribution in [-0.4, -0.2) is 65.3 Å². The molecule has 1 fully saturated rings. The average Bonchev–Trinajstić information content (AvgIpc) is 2.89. The normalized spacial score (nSPS) is 21.1. The second kappa shape index (κ2) is 7.61. The molecule has 5 nitrogen and oxygen atoms in total. The van der Waals surface area contributed by atoms with Gasteiger partial charge in [0.2, 0.25) is 0 Å². The minimum atomic E-state index is -0.164. The fraction of sp³-hybridized carbons (Fsp3) is 0.375. The zero-order chi connectivity index (χ0) is 16.2. The number of aliphatic hydroxyl groups is 1. The third kappa shape index (κ3) is 4.23. The van der Waals surface area contributed by atoms with Crippen molar-refractivity contribution in [3.8, 4) is 0 Å². The monoisotopic (exact) mass is 395 g/mol. The van der Waals surface area contributed by atoms with E-state index in [0.29, 0.717) is 11.4 Å². The van der Waals surface area contributed by atoms with E-state index in [1.165, 1.54) is 11.8 Å². The molecular weight excluding hydrogens is 378 g/mol. The molecule has 3 rings (SSSR count). The average molecular weight is 396 g/mol. The van der Waals surface area contributed by atoms with Gasteiger partial charge in [-0.3, -0.25) is 9.69 Å². The number of carbonyl (C=O) groups is 1. The van der Waals surface area contributed by atoms with Crippen LogP contribution in [0.3, 0.4) is 0 Å². The smallest absolute Gasteiger partial charge is 0.286 e. The van der Waals surface area contributed by atoms with E-state index in [0.717, 1.165) is 41.4 Å². The van der Waals surface area contributed by atoms with E-state index >= 15 is 0 Å². The molecule has 1 aromatic carbocycles. The number of piperazine rings is 1. The van der Waals surface area contributed by atoms with Crippen LogP contribution in [0.15, 0.2) is 38.6 Å². The molecule has 2 aliphatic heterocycles. The SMILES string of the molecule is O=C1N=C(N2CCN(CCO)CC2)S/C1=C\c1cccc(Br)c1. The van der Waals surface area contributed by atoms with Gasteiger partial charge in [0.05, 0.1) is 11.5 Å². The van der Waals surface area contributed by atoms with Crippen molar-refractivity contribution in [2.24, 2.45) is 4.99 Å². The van der Waals surface area contributed by atoms with Crippen molar-refractivity contribution >= 4 is 44.8 Å². The number of aliphatic hydroxyl groups excluding tert-OH is 1. The second-order valence-corrected chi connectivity index (χ2v) is 7.34. The van der Waals surface area contributed by atoms with Crippen LogP contribution in [-0.2, 0) is 4.79 Å². The van der Waals surface area contributed by atoms with Gasteiger partial charge in [0.1, 0.15) is 0 Å². The Balaban J connectivity index is 1.64. The summed E-state index contributed by atoms with van der Waals surface area (Å²) in [6.45, 7) is 4.35. The number of aliphatic imine (C=N–C) groups is 1. The number of hydrogen-bond donors (Lipinski definition) is 1. The molecular formula is C16H18BrN3O2S. The molecule has 23 heavy (non-hydrogen) atoms. The third-order valence-corrected chi connectivity index (χ3v) is 5.35. The topological polar surface area (TPSA) is 56.1 Å². The number of benzene rings is 1. The van der Waals surface area contributed by atoms with Crippen LogP contribution in [0.4, 0.5) is 0 Å². The molecule has 0 radical (unpaired) electrons. The zero-order valence-corrected chi connectivity index (χ0v) is 15.0. The molecule has 0 aliphatic carbocycles. The molecule has 2 aliphatic rings. The van der Waals surface area contributed by atoms with Crippen LogP contribution in [0.25, 0.3) is 6.08 Å². The lowest BCUT2D eigenvalue weighted by atomic mass is 10.2. The second-order valence-electron chi connectivity index (χ2n) is 5.42. The van der Waals surface area contributed by atoms with Crippen LogP contribution in [0.5, 0.6) is 0 Å². The van der Waals surface area contributed by atoms with Crippen LogP contribution < -0.4 is 0 Å². The van der Waals surface area contributed by atoms with Gasteiger partial charge in [-0.15, -0.1) is 0 Å². The summed E-state index contributed by atoms with van der Waals surface area (Å²) < 4.78 is 0.989. The Labute approximate surface area is 148 Å². The van der Waals surface area contributed by atoms with Crippen molar-refractivity contribution in [2.45, 2.75) is 0 Å². The Bertz CT molecular complexity index is 654. The quantitative estimate of drug-likeness (QED) is 0.793. The van der Waals surface area contributed by atoms with Gasteiger partial charge in [-0.2, -0.15) is 4.99 Å². The number of amidine groups is 1. The third-order valence-electron chi connectivity index (χ3n) is 3.81. The molecule has 7 heteroatoms. The van der Waals surface area contributed by atoms with E-state index < -0.39 is 0 Å². The molecule has 0 aromatic heterocycles. The Morgan fingerprint density at radius 3 is 2.78 bits per heavy atom. The molecule has 122 valence electrons. The number of thioether (sulfide) groups is 1. The molecule has 0 saturated carbocycles. The number of hydrogen-bond acceptors (Lipinski definition) is 5. The molecule has 2 heterocycles. The summed E-state index contributed by atoms with van der Waals surface area (Å²) >= 11 is 4.88. The molecule has 1 amide bonds. The van der Waals surface area contributed by atoms with Gasteiger partial charge >= 0.3 is 0 Å². The lowest BCUT2D eigenvalue weighted by Crippen LogP contribution is -2.48. The first-order valence-electron chi connectivity index (χ1n) is 7.52. The van der Waals surface area contributed by atoms with E-state index in [1.807, 2.05) is 30.3 Å². The number of carbonyl (C=O) groups excluding carboxylic acids is 1. The fourth-order valence-electron chi connectivity index (χ4n) is 2.59. The Hall–Kier alpha value is -1.15. The van der Waals surface area contributed by atoms with Crippen LogP contribution in [0, 0.1) is 0 Å². The maximum atomic E-state index is 12.1. The summed E-state index contributed by atoms with van der Waals surface area (Å²) in [5.41, 5.74) is 0.986. The van der Waals surface area contributed by atoms with Crippen molar-refractivity contribution in [1.82, 2.24) is 9.80 Å². The standard InChI is InChI=1S/C16H18BrN3O2S/c17-13-3-1-2-12(10-13)11-14-15(22)18-16(23-14)20-6-4-19(5-7-20)8-9-21/h1-3,10-11,21H,4-9H2/b14-11-. The van der Waals surface area contributed by atoms with Gasteiger partial charge in [0, 0.05) is 37.2 Å². The van der Waals surface area contributed by atoms with Gasteiger partial charge in [0.15, 0.2) is 5.17 Å². The molecule has 1 N–H and O–H groups in total. The summed E-state index contributed by atoms with van der Waals surface area (Å²) in [7, 11) is 0. The largest absolute Gasteiger partial charge is 0.395 e. The number of rotatable bonds is 3. The zero-order valence-electron chi connectivity index (χ0n) is 12.6. The van der Waals surface area contributed by atoms with Gasteiger partial charge in [-0.05, 0) is 35.5 Å². The van der Waals surface area contributed by atoms with Gasteiger partial charge in [0.25, 0.3) is 5.91 Å². The van der Waals surface area contributed by atoms with Crippen molar-refractivity contribution in [1.29, 1.82) is 0 Å². The van der Waals surface area contributed by atoms with E-state index in [-0.39, 0.29) is 12.5 Å². The summed E-state index contributed by atoms with van der Waals surface area (Å²) in [4.78, 5) is 21.4. The first kappa shape index (κ1) is 16.7. The minimum Gasteiger partial charge on any atom is -0.395 e. The summed E-state index contributed by atoms with van der Waals surface area (Å²) in [6.07, 6.45) is 1.89. The first-order chi connectivity index (χ1) is 11.2. The fourth-order valence-corrected chi connectivity index (χ4v) is 3.97. The molecule has 0 bridgehead atoms. The number of nitrogens with zero attached hydrogens (tertiary/aromatic N) is 3. The van der Waals surface area contributed by atoms with E-state index in [9.17, 15) is 4.79 Å². The highest BCUT2D eigenvalue weighted by molar-refractivity contribution is 9.10. The van der Waals surface area contributed by atoms with Gasteiger partial charge in [-0.1, -0.05) is 28.1 Å². The highest BCUT2D eigenvalue weighted by Crippen LogP contribution is 2.31. The summed E-state index contributed by atoms with van der Waals surface area (Å²) in [5.74, 6) is -0.164. The maximum Gasteiger partial charge on any atom is 0.286 e. The maximum absolute atomic E-state index is 12.1. The van der Waals surface area contributed by atoms with E-state index in [4.69, 9.17) is 5.11 Å². The van der Waals surface area contributed by atoms with Gasteiger partial charge in [-0.25, -0.2) is 0 Å². The predicted octanol–water partition coefficient (Wildman–Crippen LogP) is 2.03. The lowest BCUT2D eigenvalue weighted by molar-refractivity contribution is -0.113. The van der Waals surface area contributed by atoms with Crippen LogP contribution in [0.2, 0.25) is 0 Å². The molecule has 0 unspecified atom stereocenters. The molecule has 0 atom stereocenters. The van der Waals surface area contributed by atoms with Crippen molar-refractivity contribution in [3.05, 3.63) is 39.2 Å². The van der Waals surface area contributed by atoms with E-state index in [2.05, 4.69) is 30.7 Å². The summed E-state index contributed by atoms with van der Waals surface area (Å²) in [5, 5.41) is 9.78. The molecule has 0 spiro atoms. The van der Waals surface area contributed by atoms with Crippen molar-refractivity contribution < 1.29 is 9.90 Å². The molecule has 1 aromatic rings. The van der Waals surface area contributed by atoms with Crippen molar-refractivity contribution in [2.75, 3.05) is 39.3 Å². The number of amides is 1. The van der Waals surface area contributed by atoms with Gasteiger partial charge < -0.3 is 10.0 Å². The summed E-state index contributed by atoms with van der Waals surface area (Å²) in [6, 6.07) is 7.85. The minimum absolute atomic E-state index is 0.164. The Morgan fingerprint density at radius 2 is 2.09 bits per heavy atom. The highest BCUT2D eigenvalue weighted by Gasteiger charge is 2.28. The Morgan fingerprint density at radius 1 is 1.30 bits per heavy atom. The predicted molar refractivity (Wildman–Crippen MR) is 97.3 cm³/mol. The lowest BCUT2D eigenvalue weighted by Gasteiger charge is -2.34. The van der Waals surface area contributed by atoms with E-state index in [1.54, 1.807) is 0 Å². The molecule has 1 saturated heterocycles. The number of β-amino-alcohol motifs (C(OH)–C–C–N with tert-alkyl or cyclic N) is 1. The Kier molecular flexibility index (Phi) is 5.53. The number of halogens is 1. The van der Waals surface area contributed by atoms with Crippen LogP contribution in [0.1, 0.15) is 5.56 Å². The first-order valence-corrected chi connectivity index (χ1v) is 9.13. The van der Waals surface area contributed by atoms with Crippen molar-refractivity contribution in [3.63, 3.8) is 0 Å². The van der Waals surface area contributed by atoms with Crippen LogP contribution >= 0.6 is 27.7 Å². The highest BCUT2D eigenvalue weighted by atomic mass is 79.9.